The molecule has 2 N–H and O–H groups in total. The lowest BCUT2D eigenvalue weighted by molar-refractivity contribution is 0.311. The average Bonchev–Trinajstić information content (AvgIpc) is 3.16. The van der Waals surface area contributed by atoms with Gasteiger partial charge in [0.2, 0.25) is 0 Å². The summed E-state index contributed by atoms with van der Waals surface area (Å²) >= 11 is 6.31. The van der Waals surface area contributed by atoms with E-state index in [0.29, 0.717) is 29.7 Å². The van der Waals surface area contributed by atoms with E-state index in [-0.39, 0.29) is 0 Å². The fraction of sp³-hybridized carbons (Fsp3) is 0.444. The van der Waals surface area contributed by atoms with Gasteiger partial charge >= 0.3 is 0 Å². The SMILES string of the molecule is CCOc1c(Cl)cc(CNC(=NC)NCCCn2cccn2)cc1OC. The van der Waals surface area contributed by atoms with Gasteiger partial charge in [0.1, 0.15) is 0 Å². The van der Waals surface area contributed by atoms with Gasteiger partial charge in [0.25, 0.3) is 0 Å². The number of guanidine groups is 1. The molecule has 1 aromatic carbocycles. The first kappa shape index (κ1) is 19.9. The van der Waals surface area contributed by atoms with Gasteiger partial charge < -0.3 is 20.1 Å². The molecule has 0 spiro atoms. The minimum Gasteiger partial charge on any atom is -0.493 e. The summed E-state index contributed by atoms with van der Waals surface area (Å²) in [6.07, 6.45) is 4.69. The number of halogens is 1. The number of nitrogens with zero attached hydrogens (tertiary/aromatic N) is 3. The summed E-state index contributed by atoms with van der Waals surface area (Å²) in [5.74, 6) is 1.93. The van der Waals surface area contributed by atoms with Crippen molar-refractivity contribution in [2.24, 2.45) is 4.99 Å². The van der Waals surface area contributed by atoms with Crippen molar-refractivity contribution in [3.63, 3.8) is 0 Å². The molecule has 0 fully saturated rings. The third-order valence-electron chi connectivity index (χ3n) is 3.68. The van der Waals surface area contributed by atoms with Crippen LogP contribution in [-0.2, 0) is 13.1 Å². The van der Waals surface area contributed by atoms with E-state index in [9.17, 15) is 0 Å². The van der Waals surface area contributed by atoms with Crippen LogP contribution >= 0.6 is 11.6 Å². The first-order chi connectivity index (χ1) is 12.7. The Bertz CT molecular complexity index is 704. The average molecular weight is 380 g/mol. The fourth-order valence-electron chi connectivity index (χ4n) is 2.45. The number of hydrogen-bond donors (Lipinski definition) is 2. The molecule has 0 aliphatic heterocycles. The van der Waals surface area contributed by atoms with Crippen molar-refractivity contribution in [2.75, 3.05) is 27.3 Å². The van der Waals surface area contributed by atoms with E-state index in [0.717, 1.165) is 31.0 Å². The number of rotatable bonds is 9. The number of nitrogens with one attached hydrogen (secondary N) is 2. The van der Waals surface area contributed by atoms with Crippen molar-refractivity contribution in [3.8, 4) is 11.5 Å². The van der Waals surface area contributed by atoms with Crippen molar-refractivity contribution >= 4 is 17.6 Å². The molecule has 7 nitrogen and oxygen atoms in total. The Balaban J connectivity index is 1.84. The molecule has 0 bridgehead atoms. The van der Waals surface area contributed by atoms with Gasteiger partial charge in [-0.25, -0.2) is 0 Å². The molecule has 0 atom stereocenters. The van der Waals surface area contributed by atoms with E-state index >= 15 is 0 Å². The highest BCUT2D eigenvalue weighted by Gasteiger charge is 2.11. The number of hydrogen-bond acceptors (Lipinski definition) is 4. The lowest BCUT2D eigenvalue weighted by atomic mass is 10.2. The highest BCUT2D eigenvalue weighted by Crippen LogP contribution is 2.36. The summed E-state index contributed by atoms with van der Waals surface area (Å²) in [7, 11) is 3.35. The highest BCUT2D eigenvalue weighted by atomic mass is 35.5. The third kappa shape index (κ3) is 5.84. The van der Waals surface area contributed by atoms with E-state index in [1.54, 1.807) is 20.4 Å². The van der Waals surface area contributed by atoms with Crippen LogP contribution in [0, 0.1) is 0 Å². The van der Waals surface area contributed by atoms with Gasteiger partial charge in [0.15, 0.2) is 17.5 Å². The Morgan fingerprint density at radius 1 is 1.35 bits per heavy atom. The summed E-state index contributed by atoms with van der Waals surface area (Å²) in [5, 5.41) is 11.3. The molecule has 8 heteroatoms. The summed E-state index contributed by atoms with van der Waals surface area (Å²) in [6, 6.07) is 5.70. The molecule has 26 heavy (non-hydrogen) atoms. The Morgan fingerprint density at radius 3 is 2.85 bits per heavy atom. The molecule has 0 saturated heterocycles. The molecule has 2 aromatic rings. The first-order valence-electron chi connectivity index (χ1n) is 8.59. The predicted molar refractivity (Wildman–Crippen MR) is 104 cm³/mol. The number of aryl methyl sites for hydroxylation is 1. The second kappa shape index (κ2) is 10.6. The Kier molecular flexibility index (Phi) is 8.08. The number of ether oxygens (including phenoxy) is 2. The summed E-state index contributed by atoms with van der Waals surface area (Å²) in [6.45, 7) is 4.67. The van der Waals surface area contributed by atoms with E-state index in [2.05, 4.69) is 20.7 Å². The normalized spacial score (nSPS) is 11.3. The van der Waals surface area contributed by atoms with Crippen molar-refractivity contribution in [3.05, 3.63) is 41.2 Å². The van der Waals surface area contributed by atoms with Gasteiger partial charge in [0, 0.05) is 39.1 Å². The maximum atomic E-state index is 6.31. The van der Waals surface area contributed by atoms with Gasteiger partial charge in [-0.3, -0.25) is 9.67 Å². The summed E-state index contributed by atoms with van der Waals surface area (Å²) in [4.78, 5) is 4.23. The molecule has 1 aromatic heterocycles. The molecule has 0 amide bonds. The summed E-state index contributed by atoms with van der Waals surface area (Å²) in [5.41, 5.74) is 0.981. The fourth-order valence-corrected chi connectivity index (χ4v) is 2.73. The number of benzene rings is 1. The van der Waals surface area contributed by atoms with Gasteiger partial charge in [-0.05, 0) is 37.1 Å². The third-order valence-corrected chi connectivity index (χ3v) is 3.96. The molecule has 0 aliphatic rings. The van der Waals surface area contributed by atoms with E-state index in [1.165, 1.54) is 0 Å². The van der Waals surface area contributed by atoms with Crippen molar-refractivity contribution < 1.29 is 9.47 Å². The number of aliphatic imine (C=N–C) groups is 1. The second-order valence-electron chi connectivity index (χ2n) is 5.52. The molecule has 0 unspecified atom stereocenters. The van der Waals surface area contributed by atoms with Gasteiger partial charge in [-0.2, -0.15) is 5.10 Å². The summed E-state index contributed by atoms with van der Waals surface area (Å²) < 4.78 is 12.8. The molecular formula is C18H26ClN5O2. The predicted octanol–water partition coefficient (Wildman–Crippen LogP) is 2.70. The largest absolute Gasteiger partial charge is 0.493 e. The van der Waals surface area contributed by atoms with E-state index in [1.807, 2.05) is 36.0 Å². The zero-order chi connectivity index (χ0) is 18.8. The van der Waals surface area contributed by atoms with Crippen molar-refractivity contribution in [1.82, 2.24) is 20.4 Å². The van der Waals surface area contributed by atoms with Crippen LogP contribution in [0.2, 0.25) is 5.02 Å². The highest BCUT2D eigenvalue weighted by molar-refractivity contribution is 6.32. The number of aromatic nitrogens is 2. The molecular weight excluding hydrogens is 354 g/mol. The topological polar surface area (TPSA) is 72.7 Å². The van der Waals surface area contributed by atoms with Gasteiger partial charge in [0.05, 0.1) is 18.7 Å². The Morgan fingerprint density at radius 2 is 2.19 bits per heavy atom. The lowest BCUT2D eigenvalue weighted by Crippen LogP contribution is -2.37. The van der Waals surface area contributed by atoms with Crippen LogP contribution in [0.25, 0.3) is 0 Å². The quantitative estimate of drug-likeness (QED) is 0.398. The van der Waals surface area contributed by atoms with Gasteiger partial charge in [-0.1, -0.05) is 11.6 Å². The zero-order valence-corrected chi connectivity index (χ0v) is 16.2. The number of methoxy groups -OCH3 is 1. The standard InChI is InChI=1S/C18H26ClN5O2/c1-4-26-17-15(19)11-14(12-16(17)25-3)13-22-18(20-2)21-7-5-9-24-10-6-8-23-24/h6,8,10-12H,4-5,7,9,13H2,1-3H3,(H2,20,21,22). The molecule has 0 radical (unpaired) electrons. The molecule has 0 aliphatic carbocycles. The van der Waals surface area contributed by atoms with Crippen LogP contribution in [0.4, 0.5) is 0 Å². The zero-order valence-electron chi connectivity index (χ0n) is 15.5. The molecule has 142 valence electrons. The molecule has 1 heterocycles. The monoisotopic (exact) mass is 379 g/mol. The lowest BCUT2D eigenvalue weighted by Gasteiger charge is -2.15. The maximum Gasteiger partial charge on any atom is 0.191 e. The molecule has 2 rings (SSSR count). The van der Waals surface area contributed by atoms with Crippen LogP contribution < -0.4 is 20.1 Å². The van der Waals surface area contributed by atoms with Crippen LogP contribution in [0.1, 0.15) is 18.9 Å². The van der Waals surface area contributed by atoms with Crippen molar-refractivity contribution in [2.45, 2.75) is 26.4 Å². The molecule has 0 saturated carbocycles. The van der Waals surface area contributed by atoms with Crippen LogP contribution in [0.5, 0.6) is 11.5 Å². The van der Waals surface area contributed by atoms with Crippen molar-refractivity contribution in [1.29, 1.82) is 0 Å². The first-order valence-corrected chi connectivity index (χ1v) is 8.96. The van der Waals surface area contributed by atoms with Crippen LogP contribution in [0.3, 0.4) is 0 Å². The smallest absolute Gasteiger partial charge is 0.191 e. The van der Waals surface area contributed by atoms with Crippen LogP contribution in [0.15, 0.2) is 35.6 Å². The maximum absolute atomic E-state index is 6.31. The Hall–Kier alpha value is -2.41. The Labute approximate surface area is 159 Å². The van der Waals surface area contributed by atoms with E-state index in [4.69, 9.17) is 21.1 Å². The van der Waals surface area contributed by atoms with E-state index < -0.39 is 0 Å². The van der Waals surface area contributed by atoms with Crippen LogP contribution in [-0.4, -0.2) is 43.0 Å². The second-order valence-corrected chi connectivity index (χ2v) is 5.92. The van der Waals surface area contributed by atoms with Gasteiger partial charge in [-0.15, -0.1) is 0 Å². The minimum atomic E-state index is 0.531. The minimum absolute atomic E-state index is 0.531.